The summed E-state index contributed by atoms with van der Waals surface area (Å²) in [6.07, 6.45) is 1.30. The van der Waals surface area contributed by atoms with E-state index in [0.29, 0.717) is 11.5 Å². The third-order valence-electron chi connectivity index (χ3n) is 3.91. The van der Waals surface area contributed by atoms with E-state index in [2.05, 4.69) is 55.2 Å². The maximum Gasteiger partial charge on any atom is 0.0444 e. The van der Waals surface area contributed by atoms with Crippen molar-refractivity contribution in [2.75, 3.05) is 12.3 Å². The van der Waals surface area contributed by atoms with Crippen molar-refractivity contribution in [2.24, 2.45) is 0 Å². The largest absolute Gasteiger partial charge is 0.308 e. The minimum absolute atomic E-state index is 0.337. The Morgan fingerprint density at radius 1 is 1.31 bits per heavy atom. The van der Waals surface area contributed by atoms with Crippen LogP contribution < -0.4 is 5.32 Å². The van der Waals surface area contributed by atoms with E-state index in [1.807, 2.05) is 0 Å². The van der Waals surface area contributed by atoms with E-state index >= 15 is 0 Å². The van der Waals surface area contributed by atoms with E-state index in [1.165, 1.54) is 17.7 Å². The summed E-state index contributed by atoms with van der Waals surface area (Å²) in [7, 11) is 0. The summed E-state index contributed by atoms with van der Waals surface area (Å²) in [4.78, 5) is 0. The Balaban J connectivity index is 2.09. The Hall–Kier alpha value is -0.470. The zero-order valence-corrected chi connectivity index (χ0v) is 10.8. The fourth-order valence-electron chi connectivity index (χ4n) is 3.14. The van der Waals surface area contributed by atoms with Crippen molar-refractivity contribution in [2.45, 2.75) is 37.0 Å². The third-order valence-corrected chi connectivity index (χ3v) is 5.21. The lowest BCUT2D eigenvalue weighted by Gasteiger charge is -2.44. The summed E-state index contributed by atoms with van der Waals surface area (Å²) in [5, 5.41) is 4.46. The summed E-state index contributed by atoms with van der Waals surface area (Å²) in [6, 6.07) is 9.57. The average Bonchev–Trinajstić information content (AvgIpc) is 2.29. The maximum atomic E-state index is 3.69. The van der Waals surface area contributed by atoms with Gasteiger partial charge in [0.25, 0.3) is 0 Å². The number of benzene rings is 1. The fraction of sp³-hybridized carbons (Fsp3) is 0.571. The molecule has 86 valence electrons. The Kier molecular flexibility index (Phi) is 2.52. The number of thioether (sulfide) groups is 1. The molecule has 1 aromatic rings. The van der Waals surface area contributed by atoms with Gasteiger partial charge >= 0.3 is 0 Å². The van der Waals surface area contributed by atoms with Crippen LogP contribution in [0.3, 0.4) is 0 Å². The first-order valence-electron chi connectivity index (χ1n) is 6.13. The van der Waals surface area contributed by atoms with E-state index in [-0.39, 0.29) is 0 Å². The molecule has 0 spiro atoms. The Bertz CT molecular complexity index is 399. The topological polar surface area (TPSA) is 12.0 Å². The van der Waals surface area contributed by atoms with Crippen molar-refractivity contribution in [1.82, 2.24) is 5.32 Å². The molecular formula is C14H19NS. The van der Waals surface area contributed by atoms with Gasteiger partial charge in [0, 0.05) is 23.6 Å². The molecule has 1 aromatic carbocycles. The van der Waals surface area contributed by atoms with Crippen molar-refractivity contribution < 1.29 is 0 Å². The molecule has 0 aromatic heterocycles. The smallest absolute Gasteiger partial charge is 0.0444 e. The zero-order chi connectivity index (χ0) is 11.2. The van der Waals surface area contributed by atoms with Crippen LogP contribution in [-0.4, -0.2) is 17.5 Å². The van der Waals surface area contributed by atoms with Crippen LogP contribution in [-0.2, 0) is 5.41 Å². The number of nitrogens with one attached hydrogen (secondary N) is 1. The summed E-state index contributed by atoms with van der Waals surface area (Å²) >= 11 is 2.15. The summed E-state index contributed by atoms with van der Waals surface area (Å²) < 4.78 is 0. The van der Waals surface area contributed by atoms with Crippen LogP contribution in [0.25, 0.3) is 0 Å². The predicted octanol–water partition coefficient (Wildman–Crippen LogP) is 3.11. The van der Waals surface area contributed by atoms with E-state index in [9.17, 15) is 0 Å². The van der Waals surface area contributed by atoms with Crippen LogP contribution in [0.15, 0.2) is 24.3 Å². The fourth-order valence-corrected chi connectivity index (χ4v) is 4.65. The molecular weight excluding hydrogens is 214 g/mol. The minimum Gasteiger partial charge on any atom is -0.308 e. The quantitative estimate of drug-likeness (QED) is 0.739. The molecule has 1 nitrogen and oxygen atoms in total. The van der Waals surface area contributed by atoms with Crippen molar-refractivity contribution in [3.8, 4) is 0 Å². The lowest BCUT2D eigenvalue weighted by Crippen LogP contribution is -2.44. The molecule has 2 atom stereocenters. The molecule has 1 heterocycles. The first-order valence-corrected chi connectivity index (χ1v) is 7.18. The first-order chi connectivity index (χ1) is 7.68. The van der Waals surface area contributed by atoms with Crippen molar-refractivity contribution >= 4 is 11.8 Å². The van der Waals surface area contributed by atoms with Crippen molar-refractivity contribution in [3.63, 3.8) is 0 Å². The van der Waals surface area contributed by atoms with Crippen LogP contribution in [0, 0.1) is 0 Å². The van der Waals surface area contributed by atoms with E-state index in [1.54, 1.807) is 5.56 Å². The zero-order valence-electron chi connectivity index (χ0n) is 9.99. The molecule has 1 fully saturated rings. The lowest BCUT2D eigenvalue weighted by atomic mass is 9.70. The number of rotatable bonds is 0. The van der Waals surface area contributed by atoms with Crippen LogP contribution in [0.1, 0.15) is 37.4 Å². The molecule has 2 heteroatoms. The number of fused-ring (bicyclic) bond motifs is 3. The van der Waals surface area contributed by atoms with Crippen molar-refractivity contribution in [1.29, 1.82) is 0 Å². The van der Waals surface area contributed by atoms with Crippen LogP contribution in [0.4, 0.5) is 0 Å². The van der Waals surface area contributed by atoms with Gasteiger partial charge in [-0.15, -0.1) is 0 Å². The lowest BCUT2D eigenvalue weighted by molar-refractivity contribution is 0.366. The highest BCUT2D eigenvalue weighted by Crippen LogP contribution is 2.46. The predicted molar refractivity (Wildman–Crippen MR) is 71.1 cm³/mol. The van der Waals surface area contributed by atoms with Gasteiger partial charge in [0.1, 0.15) is 0 Å². The van der Waals surface area contributed by atoms with Gasteiger partial charge in [-0.2, -0.15) is 11.8 Å². The SMILES string of the molecule is CC1(C)CC2SCCNC2c2ccccc21. The molecule has 0 saturated carbocycles. The maximum absolute atomic E-state index is 3.69. The average molecular weight is 233 g/mol. The second-order valence-electron chi connectivity index (χ2n) is 5.52. The minimum atomic E-state index is 0.337. The van der Waals surface area contributed by atoms with Crippen LogP contribution >= 0.6 is 11.8 Å². The number of hydrogen-bond donors (Lipinski definition) is 1. The van der Waals surface area contributed by atoms with Gasteiger partial charge in [0.15, 0.2) is 0 Å². The van der Waals surface area contributed by atoms with Crippen LogP contribution in [0.5, 0.6) is 0 Å². The highest BCUT2D eigenvalue weighted by molar-refractivity contribution is 8.00. The second-order valence-corrected chi connectivity index (χ2v) is 6.86. The normalized spacial score (nSPS) is 31.6. The highest BCUT2D eigenvalue weighted by Gasteiger charge is 2.40. The molecule has 2 unspecified atom stereocenters. The van der Waals surface area contributed by atoms with Gasteiger partial charge in [-0.05, 0) is 23.0 Å². The Morgan fingerprint density at radius 2 is 2.12 bits per heavy atom. The second kappa shape index (κ2) is 3.78. The van der Waals surface area contributed by atoms with Gasteiger partial charge in [-0.3, -0.25) is 0 Å². The Morgan fingerprint density at radius 3 is 3.00 bits per heavy atom. The molecule has 1 N–H and O–H groups in total. The molecule has 1 aliphatic heterocycles. The van der Waals surface area contributed by atoms with Crippen molar-refractivity contribution in [3.05, 3.63) is 35.4 Å². The monoisotopic (exact) mass is 233 g/mol. The number of hydrogen-bond acceptors (Lipinski definition) is 2. The molecule has 0 amide bonds. The van der Waals surface area contributed by atoms with E-state index in [0.717, 1.165) is 11.8 Å². The van der Waals surface area contributed by atoms with Gasteiger partial charge < -0.3 is 5.32 Å². The van der Waals surface area contributed by atoms with Gasteiger partial charge in [0.2, 0.25) is 0 Å². The molecule has 1 aliphatic carbocycles. The molecule has 2 aliphatic rings. The van der Waals surface area contributed by atoms with Crippen LogP contribution in [0.2, 0.25) is 0 Å². The standard InChI is InChI=1S/C14H19NS/c1-14(2)9-12-13(15-7-8-16-12)10-5-3-4-6-11(10)14/h3-6,12-13,15H,7-9H2,1-2H3. The third kappa shape index (κ3) is 1.59. The van der Waals surface area contributed by atoms with E-state index < -0.39 is 0 Å². The molecule has 1 saturated heterocycles. The summed E-state index contributed by atoms with van der Waals surface area (Å²) in [5.41, 5.74) is 3.42. The molecule has 16 heavy (non-hydrogen) atoms. The van der Waals surface area contributed by atoms with Gasteiger partial charge in [-0.1, -0.05) is 38.1 Å². The molecule has 0 bridgehead atoms. The Labute approximate surface area is 102 Å². The molecule has 0 radical (unpaired) electrons. The summed E-state index contributed by atoms with van der Waals surface area (Å²) in [6.45, 7) is 5.93. The summed E-state index contributed by atoms with van der Waals surface area (Å²) in [5.74, 6) is 1.26. The first kappa shape index (κ1) is 10.7. The van der Waals surface area contributed by atoms with Gasteiger partial charge in [-0.25, -0.2) is 0 Å². The molecule has 3 rings (SSSR count). The van der Waals surface area contributed by atoms with Gasteiger partial charge in [0.05, 0.1) is 0 Å². The van der Waals surface area contributed by atoms with E-state index in [4.69, 9.17) is 0 Å². The highest BCUT2D eigenvalue weighted by atomic mass is 32.2.